The predicted molar refractivity (Wildman–Crippen MR) is 105 cm³/mol. The minimum Gasteiger partial charge on any atom is -0.356 e. The Labute approximate surface area is 153 Å². The van der Waals surface area contributed by atoms with Crippen molar-refractivity contribution in [2.75, 3.05) is 5.32 Å². The summed E-state index contributed by atoms with van der Waals surface area (Å²) in [7, 11) is 0. The molecule has 0 spiro atoms. The summed E-state index contributed by atoms with van der Waals surface area (Å²) in [6, 6.07) is 7.27. The fourth-order valence-corrected chi connectivity index (χ4v) is 3.06. The second-order valence-corrected chi connectivity index (χ2v) is 6.46. The number of aldehydes is 1. The van der Waals surface area contributed by atoms with Crippen LogP contribution in [0.15, 0.2) is 78.1 Å². The van der Waals surface area contributed by atoms with Crippen LogP contribution in [-0.4, -0.2) is 18.2 Å². The maximum atomic E-state index is 12.5. The van der Waals surface area contributed by atoms with Crippen LogP contribution in [0, 0.1) is 0 Å². The van der Waals surface area contributed by atoms with Gasteiger partial charge in [0.1, 0.15) is 6.29 Å². The molecule has 1 heterocycles. The van der Waals surface area contributed by atoms with Crippen molar-refractivity contribution < 1.29 is 9.59 Å². The number of benzene rings is 1. The number of amides is 1. The smallest absolute Gasteiger partial charge is 0.251 e. The minimum absolute atomic E-state index is 0.233. The van der Waals surface area contributed by atoms with E-state index >= 15 is 0 Å². The molecule has 0 aromatic heterocycles. The molecular formula is C22H22N2O2. The largest absolute Gasteiger partial charge is 0.356 e. The van der Waals surface area contributed by atoms with Gasteiger partial charge in [0.15, 0.2) is 0 Å². The van der Waals surface area contributed by atoms with Crippen molar-refractivity contribution in [2.45, 2.75) is 25.8 Å². The summed E-state index contributed by atoms with van der Waals surface area (Å²) in [5.74, 6) is -0.233. The number of para-hydroxylation sites is 1. The van der Waals surface area contributed by atoms with Crippen molar-refractivity contribution in [3.05, 3.63) is 83.6 Å². The molecule has 1 unspecified atom stereocenters. The van der Waals surface area contributed by atoms with Crippen LogP contribution in [-0.2, 0) is 9.59 Å². The molecule has 1 amide bonds. The van der Waals surface area contributed by atoms with E-state index in [1.54, 1.807) is 6.08 Å². The predicted octanol–water partition coefficient (Wildman–Crippen LogP) is 3.92. The van der Waals surface area contributed by atoms with Gasteiger partial charge in [-0.15, -0.1) is 0 Å². The molecule has 0 saturated carbocycles. The molecule has 0 bridgehead atoms. The van der Waals surface area contributed by atoms with Crippen molar-refractivity contribution in [3.63, 3.8) is 0 Å². The minimum atomic E-state index is -0.598. The highest BCUT2D eigenvalue weighted by Crippen LogP contribution is 2.32. The number of nitrogens with one attached hydrogen (secondary N) is 2. The zero-order valence-electron chi connectivity index (χ0n) is 14.8. The first-order valence-electron chi connectivity index (χ1n) is 8.64. The van der Waals surface area contributed by atoms with Crippen molar-refractivity contribution in [2.24, 2.45) is 0 Å². The van der Waals surface area contributed by atoms with Crippen LogP contribution in [0.25, 0.3) is 5.57 Å². The fourth-order valence-electron chi connectivity index (χ4n) is 3.06. The highest BCUT2D eigenvalue weighted by molar-refractivity contribution is 5.98. The number of carbonyl (C=O) groups is 2. The maximum Gasteiger partial charge on any atom is 0.251 e. The Morgan fingerprint density at radius 3 is 2.92 bits per heavy atom. The first-order valence-corrected chi connectivity index (χ1v) is 8.64. The van der Waals surface area contributed by atoms with E-state index in [1.165, 1.54) is 0 Å². The Balaban J connectivity index is 1.73. The highest BCUT2D eigenvalue weighted by atomic mass is 16.2. The third-order valence-corrected chi connectivity index (χ3v) is 4.40. The molecule has 0 fully saturated rings. The number of carbonyl (C=O) groups excluding carboxylic acids is 2. The van der Waals surface area contributed by atoms with Gasteiger partial charge in [0.25, 0.3) is 5.91 Å². The van der Waals surface area contributed by atoms with E-state index in [0.29, 0.717) is 18.4 Å². The van der Waals surface area contributed by atoms with Gasteiger partial charge in [-0.25, -0.2) is 0 Å². The van der Waals surface area contributed by atoms with E-state index in [4.69, 9.17) is 0 Å². The van der Waals surface area contributed by atoms with Gasteiger partial charge in [0.2, 0.25) is 0 Å². The van der Waals surface area contributed by atoms with Gasteiger partial charge in [-0.1, -0.05) is 48.6 Å². The monoisotopic (exact) mass is 346 g/mol. The zero-order valence-corrected chi connectivity index (χ0v) is 14.8. The number of fused-ring (bicyclic) bond motifs is 1. The maximum absolute atomic E-state index is 12.5. The number of hydrogen-bond donors (Lipinski definition) is 2. The van der Waals surface area contributed by atoms with E-state index in [9.17, 15) is 9.59 Å². The molecule has 1 atom stereocenters. The van der Waals surface area contributed by atoms with Gasteiger partial charge in [-0.2, -0.15) is 0 Å². The third kappa shape index (κ3) is 4.09. The Morgan fingerprint density at radius 2 is 2.12 bits per heavy atom. The molecule has 132 valence electrons. The molecule has 26 heavy (non-hydrogen) atoms. The summed E-state index contributed by atoms with van der Waals surface area (Å²) < 4.78 is 0. The lowest BCUT2D eigenvalue weighted by molar-refractivity contribution is -0.120. The summed E-state index contributed by atoms with van der Waals surface area (Å²) in [6.07, 6.45) is 11.4. The first-order chi connectivity index (χ1) is 12.6. The summed E-state index contributed by atoms with van der Waals surface area (Å²) in [5, 5.41) is 6.05. The van der Waals surface area contributed by atoms with E-state index in [1.807, 2.05) is 49.4 Å². The van der Waals surface area contributed by atoms with E-state index in [0.717, 1.165) is 34.4 Å². The van der Waals surface area contributed by atoms with Gasteiger partial charge in [-0.3, -0.25) is 4.79 Å². The SMILES string of the molecule is C=C1C=C(CC(C=O)NC(=O)C2=CCC=C(C)C=C2)c2ccccc2N1. The van der Waals surface area contributed by atoms with Gasteiger partial charge in [0.05, 0.1) is 6.04 Å². The van der Waals surface area contributed by atoms with E-state index in [-0.39, 0.29) is 5.91 Å². The number of hydrogen-bond acceptors (Lipinski definition) is 3. The van der Waals surface area contributed by atoms with Gasteiger partial charge in [0, 0.05) is 28.9 Å². The number of rotatable bonds is 5. The number of anilines is 1. The molecular weight excluding hydrogens is 324 g/mol. The molecule has 0 radical (unpaired) electrons. The zero-order chi connectivity index (χ0) is 18.5. The molecule has 4 nitrogen and oxygen atoms in total. The molecule has 1 aromatic rings. The van der Waals surface area contributed by atoms with Crippen LogP contribution in [0.1, 0.15) is 25.3 Å². The highest BCUT2D eigenvalue weighted by Gasteiger charge is 2.20. The molecule has 1 aliphatic carbocycles. The Morgan fingerprint density at radius 1 is 1.31 bits per heavy atom. The quantitative estimate of drug-likeness (QED) is 0.795. The van der Waals surface area contributed by atoms with Crippen LogP contribution < -0.4 is 10.6 Å². The Kier molecular flexibility index (Phi) is 5.32. The topological polar surface area (TPSA) is 58.2 Å². The molecule has 2 N–H and O–H groups in total. The average Bonchev–Trinajstić information content (AvgIpc) is 2.85. The van der Waals surface area contributed by atoms with Crippen LogP contribution >= 0.6 is 0 Å². The molecule has 0 saturated heterocycles. The lowest BCUT2D eigenvalue weighted by atomic mass is 9.94. The van der Waals surface area contributed by atoms with Crippen molar-refractivity contribution in [3.8, 4) is 0 Å². The first kappa shape index (κ1) is 17.7. The second kappa shape index (κ2) is 7.83. The third-order valence-electron chi connectivity index (χ3n) is 4.40. The lowest BCUT2D eigenvalue weighted by Crippen LogP contribution is -2.37. The summed E-state index contributed by atoms with van der Waals surface area (Å²) in [5.41, 5.74) is 5.42. The van der Waals surface area contributed by atoms with Crippen LogP contribution in [0.4, 0.5) is 5.69 Å². The van der Waals surface area contributed by atoms with Gasteiger partial charge < -0.3 is 15.4 Å². The van der Waals surface area contributed by atoms with Crippen LogP contribution in [0.3, 0.4) is 0 Å². The van der Waals surface area contributed by atoms with E-state index < -0.39 is 6.04 Å². The van der Waals surface area contributed by atoms with E-state index in [2.05, 4.69) is 23.3 Å². The molecule has 1 aliphatic heterocycles. The van der Waals surface area contributed by atoms with Gasteiger partial charge >= 0.3 is 0 Å². The second-order valence-electron chi connectivity index (χ2n) is 6.46. The summed E-state index contributed by atoms with van der Waals surface area (Å²) in [4.78, 5) is 24.1. The fraction of sp³-hybridized carbons (Fsp3) is 0.182. The molecule has 4 heteroatoms. The lowest BCUT2D eigenvalue weighted by Gasteiger charge is -2.23. The summed E-state index contributed by atoms with van der Waals surface area (Å²) >= 11 is 0. The average molecular weight is 346 g/mol. The van der Waals surface area contributed by atoms with Crippen molar-refractivity contribution in [1.82, 2.24) is 5.32 Å². The number of allylic oxidation sites excluding steroid dienone is 5. The van der Waals surface area contributed by atoms with Crippen molar-refractivity contribution in [1.29, 1.82) is 0 Å². The molecule has 3 rings (SSSR count). The van der Waals surface area contributed by atoms with Crippen molar-refractivity contribution >= 4 is 23.5 Å². The van der Waals surface area contributed by atoms with Gasteiger partial charge in [-0.05, 0) is 37.1 Å². The summed E-state index contributed by atoms with van der Waals surface area (Å²) in [6.45, 7) is 5.95. The molecule has 2 aliphatic rings. The normalized spacial score (nSPS) is 17.0. The Hall–Kier alpha value is -3.14. The standard InChI is InChI=1S/C22H22N2O2/c1-15-6-5-7-17(11-10-15)22(26)24-19(14-25)13-18-12-16(2)23-21-9-4-3-8-20(18)21/h3-4,6-12,14,19,23H,2,5,13H2,1H3,(H,24,26). The molecule has 1 aromatic carbocycles. The Bertz CT molecular complexity index is 872. The van der Waals surface area contributed by atoms with Crippen LogP contribution in [0.5, 0.6) is 0 Å². The van der Waals surface area contributed by atoms with Crippen LogP contribution in [0.2, 0.25) is 0 Å².